The number of hydrogen-bond acceptors (Lipinski definition) is 3. The predicted octanol–water partition coefficient (Wildman–Crippen LogP) is -0.907. The molecule has 0 unspecified atom stereocenters. The highest BCUT2D eigenvalue weighted by Crippen LogP contribution is 2.01. The summed E-state index contributed by atoms with van der Waals surface area (Å²) < 4.78 is 0. The number of fused-ring (bicyclic) bond motifs is 1. The summed E-state index contributed by atoms with van der Waals surface area (Å²) in [6, 6.07) is 0. The van der Waals surface area contributed by atoms with Crippen LogP contribution < -0.4 is 10.6 Å². The molecule has 2 rings (SSSR count). The summed E-state index contributed by atoms with van der Waals surface area (Å²) in [5.74, 6) is 0.920. The highest BCUT2D eigenvalue weighted by Gasteiger charge is 2.23. The molecule has 0 bridgehead atoms. The van der Waals surface area contributed by atoms with Crippen LogP contribution in [0.15, 0.2) is 4.99 Å². The quantitative estimate of drug-likeness (QED) is 0.446. The molecule has 0 aromatic heterocycles. The Hall–Kier alpha value is -0.840. The van der Waals surface area contributed by atoms with E-state index in [2.05, 4.69) is 15.6 Å². The molecule has 10 heavy (non-hydrogen) atoms. The van der Waals surface area contributed by atoms with E-state index in [9.17, 15) is 0 Å². The largest absolute Gasteiger partial charge is 0.354 e. The van der Waals surface area contributed by atoms with E-state index in [-0.39, 0.29) is 0 Å². The van der Waals surface area contributed by atoms with E-state index in [0.29, 0.717) is 6.67 Å². The van der Waals surface area contributed by atoms with Gasteiger partial charge in [-0.25, -0.2) is 4.99 Å². The van der Waals surface area contributed by atoms with E-state index in [4.69, 9.17) is 12.2 Å². The Labute approximate surface area is 64.3 Å². The zero-order valence-electron chi connectivity index (χ0n) is 5.42. The lowest BCUT2D eigenvalue weighted by Crippen LogP contribution is -2.46. The molecule has 2 aliphatic rings. The van der Waals surface area contributed by atoms with E-state index in [0.717, 1.165) is 24.2 Å². The van der Waals surface area contributed by atoms with Gasteiger partial charge in [-0.2, -0.15) is 0 Å². The van der Waals surface area contributed by atoms with Crippen molar-refractivity contribution in [1.82, 2.24) is 15.5 Å². The monoisotopic (exact) mass is 156 g/mol. The van der Waals surface area contributed by atoms with Crippen molar-refractivity contribution in [3.05, 3.63) is 0 Å². The number of rotatable bonds is 0. The molecule has 0 spiro atoms. The lowest BCUT2D eigenvalue weighted by molar-refractivity contribution is 0.626. The first-order valence-electron chi connectivity index (χ1n) is 3.21. The number of nitrogens with zero attached hydrogens (tertiary/aromatic N) is 2. The van der Waals surface area contributed by atoms with Gasteiger partial charge in [-0.3, -0.25) is 4.90 Å². The minimum Gasteiger partial charge on any atom is -0.354 e. The second kappa shape index (κ2) is 2.09. The summed E-state index contributed by atoms with van der Waals surface area (Å²) in [7, 11) is 0. The molecule has 1 saturated heterocycles. The Morgan fingerprint density at radius 1 is 1.50 bits per heavy atom. The van der Waals surface area contributed by atoms with Crippen LogP contribution in [-0.2, 0) is 0 Å². The van der Waals surface area contributed by atoms with Crippen molar-refractivity contribution in [3.63, 3.8) is 0 Å². The maximum atomic E-state index is 5.04. The number of thiocarbonyl (C=S) groups is 1. The zero-order chi connectivity index (χ0) is 6.97. The third-order valence-electron chi connectivity index (χ3n) is 1.58. The molecule has 0 amide bonds. The van der Waals surface area contributed by atoms with Gasteiger partial charge in [0.1, 0.15) is 6.67 Å². The van der Waals surface area contributed by atoms with Crippen molar-refractivity contribution in [2.75, 3.05) is 19.8 Å². The SMILES string of the molecule is S=C1NCN=C2NCCN12. The predicted molar refractivity (Wildman–Crippen MR) is 42.7 cm³/mol. The molecule has 0 aliphatic carbocycles. The average Bonchev–Trinajstić information content (AvgIpc) is 2.36. The number of nitrogens with one attached hydrogen (secondary N) is 2. The Morgan fingerprint density at radius 2 is 2.40 bits per heavy atom. The van der Waals surface area contributed by atoms with Crippen molar-refractivity contribution in [1.29, 1.82) is 0 Å². The van der Waals surface area contributed by atoms with Crippen LogP contribution in [0.1, 0.15) is 0 Å². The van der Waals surface area contributed by atoms with Crippen molar-refractivity contribution in [2.45, 2.75) is 0 Å². The van der Waals surface area contributed by atoms with Crippen molar-refractivity contribution >= 4 is 23.3 Å². The highest BCUT2D eigenvalue weighted by molar-refractivity contribution is 7.80. The summed E-state index contributed by atoms with van der Waals surface area (Å²) in [6.45, 7) is 2.49. The Morgan fingerprint density at radius 3 is 3.20 bits per heavy atom. The Kier molecular flexibility index (Phi) is 1.23. The molecule has 2 heterocycles. The van der Waals surface area contributed by atoms with Gasteiger partial charge in [0, 0.05) is 13.1 Å². The Bertz CT molecular complexity index is 200. The van der Waals surface area contributed by atoms with Gasteiger partial charge in [-0.15, -0.1) is 0 Å². The van der Waals surface area contributed by atoms with Gasteiger partial charge in [0.15, 0.2) is 5.11 Å². The molecular formula is C5H8N4S. The van der Waals surface area contributed by atoms with Gasteiger partial charge < -0.3 is 10.6 Å². The molecule has 1 fully saturated rings. The maximum absolute atomic E-state index is 5.04. The first kappa shape index (κ1) is 5.91. The van der Waals surface area contributed by atoms with E-state index in [1.807, 2.05) is 4.90 Å². The Balaban J connectivity index is 2.26. The van der Waals surface area contributed by atoms with Crippen LogP contribution in [-0.4, -0.2) is 35.7 Å². The minimum atomic E-state index is 0.609. The molecule has 2 aliphatic heterocycles. The van der Waals surface area contributed by atoms with E-state index < -0.39 is 0 Å². The van der Waals surface area contributed by atoms with Crippen LogP contribution in [0.2, 0.25) is 0 Å². The van der Waals surface area contributed by atoms with Crippen LogP contribution >= 0.6 is 12.2 Å². The molecule has 5 heteroatoms. The first-order chi connectivity index (χ1) is 4.88. The van der Waals surface area contributed by atoms with E-state index in [1.54, 1.807) is 0 Å². The molecule has 0 radical (unpaired) electrons. The van der Waals surface area contributed by atoms with E-state index >= 15 is 0 Å². The first-order valence-corrected chi connectivity index (χ1v) is 3.62. The number of hydrogen-bond donors (Lipinski definition) is 2. The molecule has 0 aromatic rings. The molecule has 0 saturated carbocycles. The van der Waals surface area contributed by atoms with Gasteiger partial charge >= 0.3 is 0 Å². The summed E-state index contributed by atoms with van der Waals surface area (Å²) >= 11 is 5.04. The third-order valence-corrected chi connectivity index (χ3v) is 1.94. The topological polar surface area (TPSA) is 39.7 Å². The molecule has 0 atom stereocenters. The lowest BCUT2D eigenvalue weighted by atomic mass is 10.6. The van der Waals surface area contributed by atoms with Crippen LogP contribution in [0.4, 0.5) is 0 Å². The van der Waals surface area contributed by atoms with Gasteiger partial charge in [0.25, 0.3) is 0 Å². The standard InChI is InChI=1S/C5H8N4S/c10-5-8-3-7-4-6-1-2-9(4)5/h1-3H2,(H,6,7)(H,8,10). The highest BCUT2D eigenvalue weighted by atomic mass is 32.1. The number of guanidine groups is 1. The van der Waals surface area contributed by atoms with Crippen molar-refractivity contribution in [3.8, 4) is 0 Å². The smallest absolute Gasteiger partial charge is 0.202 e. The van der Waals surface area contributed by atoms with Crippen molar-refractivity contribution < 1.29 is 0 Å². The fraction of sp³-hybridized carbons (Fsp3) is 0.600. The van der Waals surface area contributed by atoms with Gasteiger partial charge in [0.2, 0.25) is 5.96 Å². The fourth-order valence-electron chi connectivity index (χ4n) is 1.10. The normalized spacial score (nSPS) is 23.0. The third kappa shape index (κ3) is 0.740. The van der Waals surface area contributed by atoms with Gasteiger partial charge in [0.05, 0.1) is 0 Å². The molecule has 4 nitrogen and oxygen atoms in total. The van der Waals surface area contributed by atoms with Crippen LogP contribution in [0.25, 0.3) is 0 Å². The second-order valence-electron chi connectivity index (χ2n) is 2.20. The summed E-state index contributed by atoms with van der Waals surface area (Å²) in [6.07, 6.45) is 0. The molecule has 54 valence electrons. The average molecular weight is 156 g/mol. The summed E-state index contributed by atoms with van der Waals surface area (Å²) in [4.78, 5) is 6.15. The molecule has 2 N–H and O–H groups in total. The minimum absolute atomic E-state index is 0.609. The number of aliphatic imine (C=N–C) groups is 1. The van der Waals surface area contributed by atoms with Crippen molar-refractivity contribution in [2.24, 2.45) is 4.99 Å². The summed E-state index contributed by atoms with van der Waals surface area (Å²) in [5.41, 5.74) is 0. The molecular weight excluding hydrogens is 148 g/mol. The van der Waals surface area contributed by atoms with Gasteiger partial charge in [-0.1, -0.05) is 0 Å². The zero-order valence-corrected chi connectivity index (χ0v) is 6.24. The second-order valence-corrected chi connectivity index (χ2v) is 2.59. The van der Waals surface area contributed by atoms with E-state index in [1.165, 1.54) is 0 Å². The van der Waals surface area contributed by atoms with Crippen LogP contribution in [0, 0.1) is 0 Å². The fourth-order valence-corrected chi connectivity index (χ4v) is 1.34. The van der Waals surface area contributed by atoms with Gasteiger partial charge in [-0.05, 0) is 12.2 Å². The summed E-state index contributed by atoms with van der Waals surface area (Å²) in [5, 5.41) is 6.91. The van der Waals surface area contributed by atoms with Crippen LogP contribution in [0.3, 0.4) is 0 Å². The maximum Gasteiger partial charge on any atom is 0.202 e. The molecule has 0 aromatic carbocycles. The van der Waals surface area contributed by atoms with Crippen LogP contribution in [0.5, 0.6) is 0 Å². The lowest BCUT2D eigenvalue weighted by Gasteiger charge is -2.22.